The minimum absolute atomic E-state index is 0. The highest BCUT2D eigenvalue weighted by Crippen LogP contribution is 2.23. The predicted molar refractivity (Wildman–Crippen MR) is 89.5 cm³/mol. The zero-order valence-corrected chi connectivity index (χ0v) is 14.3. The summed E-state index contributed by atoms with van der Waals surface area (Å²) in [6.45, 7) is 2.13. The quantitative estimate of drug-likeness (QED) is 0.901. The number of amides is 1. The van der Waals surface area contributed by atoms with Crippen molar-refractivity contribution in [3.8, 4) is 5.75 Å². The molecule has 2 saturated heterocycles. The summed E-state index contributed by atoms with van der Waals surface area (Å²) in [6.07, 6.45) is 4.30. The van der Waals surface area contributed by atoms with Gasteiger partial charge in [-0.2, -0.15) is 0 Å². The van der Waals surface area contributed by atoms with Crippen LogP contribution in [0.4, 0.5) is 8.78 Å². The van der Waals surface area contributed by atoms with Crippen LogP contribution < -0.4 is 10.1 Å². The molecule has 2 aliphatic heterocycles. The Morgan fingerprint density at radius 3 is 2.54 bits per heavy atom. The van der Waals surface area contributed by atoms with Crippen LogP contribution >= 0.6 is 12.4 Å². The minimum Gasteiger partial charge on any atom is -0.487 e. The van der Waals surface area contributed by atoms with Crippen LogP contribution in [0.1, 0.15) is 32.1 Å². The summed E-state index contributed by atoms with van der Waals surface area (Å²) in [7, 11) is 0. The van der Waals surface area contributed by atoms with E-state index in [-0.39, 0.29) is 36.2 Å². The normalized spacial score (nSPS) is 21.9. The number of nitrogens with zero attached hydrogens (tertiary/aromatic N) is 1. The van der Waals surface area contributed by atoms with E-state index in [1.165, 1.54) is 12.1 Å². The highest BCUT2D eigenvalue weighted by molar-refractivity contribution is 5.85. The molecule has 1 unspecified atom stereocenters. The number of hydrogen-bond acceptors (Lipinski definition) is 3. The molecule has 0 bridgehead atoms. The van der Waals surface area contributed by atoms with Crippen LogP contribution in [-0.4, -0.2) is 42.6 Å². The number of nitrogens with one attached hydrogen (secondary N) is 1. The molecule has 24 heavy (non-hydrogen) atoms. The zero-order chi connectivity index (χ0) is 16.2. The topological polar surface area (TPSA) is 41.6 Å². The maximum atomic E-state index is 13.6. The zero-order valence-electron chi connectivity index (χ0n) is 13.5. The van der Waals surface area contributed by atoms with Gasteiger partial charge in [-0.1, -0.05) is 6.42 Å². The molecule has 4 nitrogen and oxygen atoms in total. The van der Waals surface area contributed by atoms with Crippen molar-refractivity contribution >= 4 is 18.3 Å². The lowest BCUT2D eigenvalue weighted by Crippen LogP contribution is -2.51. The van der Waals surface area contributed by atoms with Crippen molar-refractivity contribution in [3.63, 3.8) is 0 Å². The molecule has 3 rings (SSSR count). The summed E-state index contributed by atoms with van der Waals surface area (Å²) < 4.78 is 32.1. The molecule has 1 atom stereocenters. The maximum absolute atomic E-state index is 13.6. The summed E-state index contributed by atoms with van der Waals surface area (Å²) in [4.78, 5) is 14.3. The molecule has 7 heteroatoms. The fraction of sp³-hybridized carbons (Fsp3) is 0.588. The molecule has 134 valence electrons. The highest BCUT2D eigenvalue weighted by Gasteiger charge is 2.29. The van der Waals surface area contributed by atoms with Crippen LogP contribution in [0.5, 0.6) is 5.75 Å². The third-order valence-corrected chi connectivity index (χ3v) is 4.55. The molecule has 1 amide bonds. The summed E-state index contributed by atoms with van der Waals surface area (Å²) in [5.41, 5.74) is 0. The lowest BCUT2D eigenvalue weighted by atomic mass is 10.0. The average Bonchev–Trinajstić information content (AvgIpc) is 2.58. The maximum Gasteiger partial charge on any atom is 0.239 e. The smallest absolute Gasteiger partial charge is 0.239 e. The van der Waals surface area contributed by atoms with E-state index in [1.807, 2.05) is 4.90 Å². The fourth-order valence-corrected chi connectivity index (χ4v) is 3.23. The van der Waals surface area contributed by atoms with Gasteiger partial charge >= 0.3 is 0 Å². The number of hydrogen-bond donors (Lipinski definition) is 1. The van der Waals surface area contributed by atoms with Gasteiger partial charge < -0.3 is 15.0 Å². The number of carbonyl (C=O) groups excluding carboxylic acids is 1. The van der Waals surface area contributed by atoms with Gasteiger partial charge in [0.1, 0.15) is 11.9 Å². The van der Waals surface area contributed by atoms with Crippen molar-refractivity contribution in [3.05, 3.63) is 29.8 Å². The molecule has 1 aromatic carbocycles. The van der Waals surface area contributed by atoms with Crippen LogP contribution in [0.3, 0.4) is 0 Å². The van der Waals surface area contributed by atoms with E-state index in [9.17, 15) is 13.6 Å². The van der Waals surface area contributed by atoms with Crippen LogP contribution in [-0.2, 0) is 4.79 Å². The molecule has 0 radical (unpaired) electrons. The number of rotatable bonds is 3. The molecule has 0 aromatic heterocycles. The Labute approximate surface area is 147 Å². The second-order valence-electron chi connectivity index (χ2n) is 6.22. The lowest BCUT2D eigenvalue weighted by Gasteiger charge is -2.35. The van der Waals surface area contributed by atoms with E-state index in [0.29, 0.717) is 25.9 Å². The molecule has 0 aliphatic carbocycles. The van der Waals surface area contributed by atoms with Gasteiger partial charge in [0.2, 0.25) is 5.91 Å². The third kappa shape index (κ3) is 4.57. The Morgan fingerprint density at radius 1 is 1.17 bits per heavy atom. The monoisotopic (exact) mass is 360 g/mol. The summed E-state index contributed by atoms with van der Waals surface area (Å²) in [5, 5.41) is 3.27. The van der Waals surface area contributed by atoms with E-state index in [1.54, 1.807) is 0 Å². The van der Waals surface area contributed by atoms with Crippen molar-refractivity contribution in [2.45, 2.75) is 44.2 Å². The first-order valence-electron chi connectivity index (χ1n) is 8.27. The number of ether oxygens (including phenoxy) is 1. The largest absolute Gasteiger partial charge is 0.487 e. The number of likely N-dealkylation sites (tertiary alicyclic amines) is 1. The second kappa shape index (κ2) is 8.62. The summed E-state index contributed by atoms with van der Waals surface area (Å²) in [6, 6.07) is 3.26. The van der Waals surface area contributed by atoms with Crippen molar-refractivity contribution in [2.75, 3.05) is 19.6 Å². The molecular weight excluding hydrogens is 338 g/mol. The van der Waals surface area contributed by atoms with Crippen LogP contribution in [0.25, 0.3) is 0 Å². The molecule has 2 fully saturated rings. The van der Waals surface area contributed by atoms with Crippen LogP contribution in [0, 0.1) is 11.6 Å². The van der Waals surface area contributed by atoms with Gasteiger partial charge in [0, 0.05) is 32.0 Å². The van der Waals surface area contributed by atoms with Gasteiger partial charge in [0.25, 0.3) is 0 Å². The second-order valence-corrected chi connectivity index (χ2v) is 6.22. The molecule has 0 spiro atoms. The summed E-state index contributed by atoms with van der Waals surface area (Å²) >= 11 is 0. The lowest BCUT2D eigenvalue weighted by molar-refractivity contribution is -0.135. The van der Waals surface area contributed by atoms with Gasteiger partial charge in [-0.25, -0.2) is 8.78 Å². The first-order chi connectivity index (χ1) is 11.1. The molecular formula is C17H23ClF2N2O2. The van der Waals surface area contributed by atoms with Crippen molar-refractivity contribution in [2.24, 2.45) is 0 Å². The van der Waals surface area contributed by atoms with E-state index in [4.69, 9.17) is 4.74 Å². The molecule has 1 N–H and O–H groups in total. The Kier molecular flexibility index (Phi) is 6.80. The van der Waals surface area contributed by atoms with E-state index < -0.39 is 11.6 Å². The van der Waals surface area contributed by atoms with E-state index in [2.05, 4.69) is 5.32 Å². The molecule has 2 heterocycles. The molecule has 0 saturated carbocycles. The van der Waals surface area contributed by atoms with Gasteiger partial charge in [-0.15, -0.1) is 12.4 Å². The predicted octanol–water partition coefficient (Wildman–Crippen LogP) is 2.90. The number of piperidine rings is 2. The van der Waals surface area contributed by atoms with Gasteiger partial charge in [0.15, 0.2) is 11.6 Å². The third-order valence-electron chi connectivity index (χ3n) is 4.55. The number of halogens is 3. The van der Waals surface area contributed by atoms with Crippen molar-refractivity contribution in [1.29, 1.82) is 0 Å². The standard InChI is InChI=1S/C17H22F2N2O2.ClH/c18-12-4-5-16(14(19)11-12)23-13-6-9-21(10-7-13)17(22)15-3-1-2-8-20-15;/h4-5,11,13,15,20H,1-3,6-10H2;1H. The Morgan fingerprint density at radius 2 is 1.92 bits per heavy atom. The van der Waals surface area contributed by atoms with Gasteiger partial charge in [0.05, 0.1) is 6.04 Å². The number of carbonyl (C=O) groups is 1. The van der Waals surface area contributed by atoms with Crippen LogP contribution in [0.15, 0.2) is 18.2 Å². The minimum atomic E-state index is -0.685. The van der Waals surface area contributed by atoms with Gasteiger partial charge in [-0.3, -0.25) is 4.79 Å². The first kappa shape index (κ1) is 18.9. The molecule has 2 aliphatic rings. The fourth-order valence-electron chi connectivity index (χ4n) is 3.23. The van der Waals surface area contributed by atoms with E-state index in [0.717, 1.165) is 31.9 Å². The first-order valence-corrected chi connectivity index (χ1v) is 8.27. The average molecular weight is 361 g/mol. The van der Waals surface area contributed by atoms with Crippen molar-refractivity contribution < 1.29 is 18.3 Å². The Bertz CT molecular complexity index is 560. The SMILES string of the molecule is Cl.O=C(C1CCCCN1)N1CCC(Oc2ccc(F)cc2F)CC1. The van der Waals surface area contributed by atoms with Gasteiger partial charge in [-0.05, 0) is 31.5 Å². The number of benzene rings is 1. The Balaban J connectivity index is 0.00000208. The Hall–Kier alpha value is -1.40. The van der Waals surface area contributed by atoms with Crippen molar-refractivity contribution in [1.82, 2.24) is 10.2 Å². The highest BCUT2D eigenvalue weighted by atomic mass is 35.5. The van der Waals surface area contributed by atoms with E-state index >= 15 is 0 Å². The summed E-state index contributed by atoms with van der Waals surface area (Å²) in [5.74, 6) is -1.06. The van der Waals surface area contributed by atoms with Crippen LogP contribution in [0.2, 0.25) is 0 Å². The molecule has 1 aromatic rings.